The topological polar surface area (TPSA) is 54.5 Å². The highest BCUT2D eigenvalue weighted by Crippen LogP contribution is 2.18. The maximum absolute atomic E-state index is 12.8. The van der Waals surface area contributed by atoms with Gasteiger partial charge in [0.25, 0.3) is 5.91 Å². The van der Waals surface area contributed by atoms with Gasteiger partial charge in [0.15, 0.2) is 0 Å². The Morgan fingerprint density at radius 3 is 2.47 bits per heavy atom. The highest BCUT2D eigenvalue weighted by Gasteiger charge is 2.31. The summed E-state index contributed by atoms with van der Waals surface area (Å²) in [6, 6.07) is 5.69. The number of sulfonamides is 1. The number of allylic oxidation sites excluding steroid dienone is 1. The molecular formula is C13H14FNO3S. The largest absolute Gasteiger partial charge is 0.269 e. The van der Waals surface area contributed by atoms with Crippen molar-refractivity contribution in [1.82, 2.24) is 4.31 Å². The predicted molar refractivity (Wildman–Crippen MR) is 70.2 cm³/mol. The van der Waals surface area contributed by atoms with Crippen molar-refractivity contribution in [2.75, 3.05) is 12.3 Å². The van der Waals surface area contributed by atoms with Crippen molar-refractivity contribution in [3.8, 4) is 0 Å². The summed E-state index contributed by atoms with van der Waals surface area (Å²) in [6.45, 7) is 1.92. The number of nitrogens with zero attached hydrogens (tertiary/aromatic N) is 1. The van der Waals surface area contributed by atoms with Gasteiger partial charge in [0.2, 0.25) is 10.0 Å². The Labute approximate surface area is 111 Å². The van der Waals surface area contributed by atoms with Crippen LogP contribution in [0.25, 0.3) is 5.57 Å². The molecular weight excluding hydrogens is 269 g/mol. The first-order valence-electron chi connectivity index (χ1n) is 5.89. The molecule has 19 heavy (non-hydrogen) atoms. The fourth-order valence-electron chi connectivity index (χ4n) is 1.94. The van der Waals surface area contributed by atoms with E-state index in [1.54, 1.807) is 19.1 Å². The first-order chi connectivity index (χ1) is 8.90. The number of halogens is 1. The molecule has 6 heteroatoms. The molecule has 0 atom stereocenters. The molecule has 102 valence electrons. The molecule has 1 aromatic carbocycles. The van der Waals surface area contributed by atoms with E-state index < -0.39 is 15.9 Å². The van der Waals surface area contributed by atoms with E-state index in [4.69, 9.17) is 0 Å². The number of benzene rings is 1. The van der Waals surface area contributed by atoms with E-state index in [-0.39, 0.29) is 18.1 Å². The molecule has 0 aromatic heterocycles. The van der Waals surface area contributed by atoms with Gasteiger partial charge < -0.3 is 0 Å². The molecule has 0 unspecified atom stereocenters. The Hall–Kier alpha value is -1.69. The van der Waals surface area contributed by atoms with E-state index >= 15 is 0 Å². The summed E-state index contributed by atoms with van der Waals surface area (Å²) in [4.78, 5) is 11.9. The SMILES string of the molecule is CC(=CC(=O)N1CCCS1(=O)=O)c1ccc(F)cc1. The molecule has 0 radical (unpaired) electrons. The van der Waals surface area contributed by atoms with Gasteiger partial charge in [-0.3, -0.25) is 4.79 Å². The maximum atomic E-state index is 12.8. The van der Waals surface area contributed by atoms with Crippen LogP contribution in [-0.2, 0) is 14.8 Å². The van der Waals surface area contributed by atoms with Crippen molar-refractivity contribution >= 4 is 21.5 Å². The standard InChI is InChI=1S/C13H14FNO3S/c1-10(11-3-5-12(14)6-4-11)9-13(16)15-7-2-8-19(15,17)18/h3-6,9H,2,7-8H2,1H3. The van der Waals surface area contributed by atoms with E-state index in [1.807, 2.05) is 0 Å². The third kappa shape index (κ3) is 3.01. The third-order valence-electron chi connectivity index (χ3n) is 2.98. The maximum Gasteiger partial charge on any atom is 0.260 e. The average Bonchev–Trinajstić information content (AvgIpc) is 2.69. The smallest absolute Gasteiger partial charge is 0.260 e. The lowest BCUT2D eigenvalue weighted by molar-refractivity contribution is -0.121. The lowest BCUT2D eigenvalue weighted by atomic mass is 10.1. The van der Waals surface area contributed by atoms with Gasteiger partial charge in [-0.2, -0.15) is 0 Å². The number of carbonyl (C=O) groups is 1. The summed E-state index contributed by atoms with van der Waals surface area (Å²) in [6.07, 6.45) is 1.74. The molecule has 1 aliphatic heterocycles. The molecule has 1 aliphatic rings. The van der Waals surface area contributed by atoms with Crippen LogP contribution in [0.4, 0.5) is 4.39 Å². The van der Waals surface area contributed by atoms with Gasteiger partial charge in [0.05, 0.1) is 5.75 Å². The normalized spacial score (nSPS) is 18.6. The highest BCUT2D eigenvalue weighted by molar-refractivity contribution is 7.89. The summed E-state index contributed by atoms with van der Waals surface area (Å²) in [7, 11) is -3.44. The van der Waals surface area contributed by atoms with Crippen molar-refractivity contribution in [1.29, 1.82) is 0 Å². The van der Waals surface area contributed by atoms with E-state index in [0.29, 0.717) is 17.6 Å². The van der Waals surface area contributed by atoms with Gasteiger partial charge in [-0.25, -0.2) is 17.1 Å². The van der Waals surface area contributed by atoms with E-state index in [2.05, 4.69) is 0 Å². The first kappa shape index (κ1) is 13.7. The summed E-state index contributed by atoms with van der Waals surface area (Å²) in [5, 5.41) is 0. The van der Waals surface area contributed by atoms with Gasteiger partial charge >= 0.3 is 0 Å². The monoisotopic (exact) mass is 283 g/mol. The Balaban J connectivity index is 2.21. The minimum atomic E-state index is -3.44. The van der Waals surface area contributed by atoms with Crippen LogP contribution < -0.4 is 0 Å². The fourth-order valence-corrected chi connectivity index (χ4v) is 3.39. The first-order valence-corrected chi connectivity index (χ1v) is 7.50. The molecule has 0 saturated carbocycles. The second-order valence-electron chi connectivity index (χ2n) is 4.41. The fraction of sp³-hybridized carbons (Fsp3) is 0.308. The number of carbonyl (C=O) groups excluding carboxylic acids is 1. The molecule has 2 rings (SSSR count). The van der Waals surface area contributed by atoms with Gasteiger partial charge in [-0.15, -0.1) is 0 Å². The molecule has 0 spiro atoms. The zero-order chi connectivity index (χ0) is 14.0. The molecule has 0 bridgehead atoms. The summed E-state index contributed by atoms with van der Waals surface area (Å²) in [5.41, 5.74) is 1.29. The zero-order valence-electron chi connectivity index (χ0n) is 10.5. The highest BCUT2D eigenvalue weighted by atomic mass is 32.2. The zero-order valence-corrected chi connectivity index (χ0v) is 11.3. The van der Waals surface area contributed by atoms with Crippen molar-refractivity contribution < 1.29 is 17.6 Å². The molecule has 1 amide bonds. The van der Waals surface area contributed by atoms with Crippen molar-refractivity contribution in [2.45, 2.75) is 13.3 Å². The van der Waals surface area contributed by atoms with Crippen molar-refractivity contribution in [3.63, 3.8) is 0 Å². The third-order valence-corrected chi connectivity index (χ3v) is 4.82. The average molecular weight is 283 g/mol. The Morgan fingerprint density at radius 2 is 1.95 bits per heavy atom. The van der Waals surface area contributed by atoms with Crippen LogP contribution in [0.15, 0.2) is 30.3 Å². The predicted octanol–water partition coefficient (Wildman–Crippen LogP) is 1.79. The van der Waals surface area contributed by atoms with Crippen molar-refractivity contribution in [2.24, 2.45) is 0 Å². The van der Waals surface area contributed by atoms with Crippen LogP contribution in [0.1, 0.15) is 18.9 Å². The van der Waals surface area contributed by atoms with Crippen LogP contribution in [0.5, 0.6) is 0 Å². The van der Waals surface area contributed by atoms with E-state index in [0.717, 1.165) is 4.31 Å². The van der Waals surface area contributed by atoms with Gasteiger partial charge in [-0.1, -0.05) is 12.1 Å². The van der Waals surface area contributed by atoms with Gasteiger partial charge in [-0.05, 0) is 36.6 Å². The molecule has 4 nitrogen and oxygen atoms in total. The summed E-state index contributed by atoms with van der Waals surface area (Å²) < 4.78 is 36.9. The van der Waals surface area contributed by atoms with Crippen LogP contribution in [0.3, 0.4) is 0 Å². The minimum Gasteiger partial charge on any atom is -0.269 e. The van der Waals surface area contributed by atoms with Crippen LogP contribution in [-0.4, -0.2) is 30.9 Å². The number of hydrogen-bond acceptors (Lipinski definition) is 3. The quantitative estimate of drug-likeness (QED) is 0.778. The lowest BCUT2D eigenvalue weighted by Gasteiger charge is -2.12. The van der Waals surface area contributed by atoms with Crippen LogP contribution >= 0.6 is 0 Å². The molecule has 1 heterocycles. The Morgan fingerprint density at radius 1 is 1.32 bits per heavy atom. The van der Waals surface area contributed by atoms with Crippen LogP contribution in [0, 0.1) is 5.82 Å². The summed E-state index contributed by atoms with van der Waals surface area (Å²) in [5.74, 6) is -0.883. The molecule has 1 aromatic rings. The van der Waals surface area contributed by atoms with Gasteiger partial charge in [0.1, 0.15) is 5.82 Å². The minimum absolute atomic E-state index is 0.0160. The molecule has 0 N–H and O–H groups in total. The number of rotatable bonds is 2. The summed E-state index contributed by atoms with van der Waals surface area (Å²) >= 11 is 0. The second kappa shape index (κ2) is 5.13. The van der Waals surface area contributed by atoms with E-state index in [1.165, 1.54) is 18.2 Å². The molecule has 1 fully saturated rings. The number of amides is 1. The lowest BCUT2D eigenvalue weighted by Crippen LogP contribution is -2.31. The van der Waals surface area contributed by atoms with Crippen molar-refractivity contribution in [3.05, 3.63) is 41.7 Å². The second-order valence-corrected chi connectivity index (χ2v) is 6.43. The van der Waals surface area contributed by atoms with Gasteiger partial charge in [0, 0.05) is 12.6 Å². The molecule has 1 saturated heterocycles. The van der Waals surface area contributed by atoms with E-state index in [9.17, 15) is 17.6 Å². The van der Waals surface area contributed by atoms with Crippen LogP contribution in [0.2, 0.25) is 0 Å². The number of hydrogen-bond donors (Lipinski definition) is 0. The Bertz CT molecular complexity index is 620. The Kier molecular flexibility index (Phi) is 3.71. The molecule has 0 aliphatic carbocycles.